The number of likely N-dealkylation sites (N-methyl/N-ethyl adjacent to an activating group) is 1. The van der Waals surface area contributed by atoms with Gasteiger partial charge in [0.2, 0.25) is 0 Å². The van der Waals surface area contributed by atoms with Crippen molar-refractivity contribution in [3.05, 3.63) is 69.7 Å². The van der Waals surface area contributed by atoms with E-state index >= 15 is 0 Å². The van der Waals surface area contributed by atoms with Crippen molar-refractivity contribution in [2.24, 2.45) is 4.99 Å². The van der Waals surface area contributed by atoms with Crippen molar-refractivity contribution < 1.29 is 0 Å². The minimum absolute atomic E-state index is 0. The van der Waals surface area contributed by atoms with E-state index in [0.717, 1.165) is 29.6 Å². The molecule has 0 saturated carbocycles. The molecule has 2 N–H and O–H groups in total. The van der Waals surface area contributed by atoms with E-state index in [1.54, 1.807) is 18.4 Å². The molecule has 0 aliphatic carbocycles. The minimum Gasteiger partial charge on any atom is -0.354 e. The van der Waals surface area contributed by atoms with Crippen LogP contribution in [-0.4, -0.2) is 48.3 Å². The number of aliphatic imine (C=N–C) groups is 1. The molecule has 1 atom stereocenters. The standard InChI is InChI=1S/C22H30N6S.HI/c1-16-13-17(2)28(26-16)19-10-7-6-9-18(19)14-24-22(23-3)25-15-20(27(4)5)21-11-8-12-29-21;/h6-13,20H,14-15H2,1-5H3,(H2,23,24,25);1H. The Kier molecular flexibility index (Phi) is 9.32. The number of nitrogens with zero attached hydrogens (tertiary/aromatic N) is 4. The van der Waals surface area contributed by atoms with Crippen molar-refractivity contribution >= 4 is 41.3 Å². The van der Waals surface area contributed by atoms with Gasteiger partial charge in [0, 0.05) is 30.7 Å². The predicted molar refractivity (Wildman–Crippen MR) is 137 cm³/mol. The third-order valence-corrected chi connectivity index (χ3v) is 5.83. The molecule has 0 fully saturated rings. The molecule has 0 spiro atoms. The predicted octanol–water partition coefficient (Wildman–Crippen LogP) is 4.14. The minimum atomic E-state index is 0. The van der Waals surface area contributed by atoms with Gasteiger partial charge in [0.05, 0.1) is 17.4 Å². The van der Waals surface area contributed by atoms with Gasteiger partial charge in [-0.15, -0.1) is 35.3 Å². The smallest absolute Gasteiger partial charge is 0.191 e. The van der Waals surface area contributed by atoms with Gasteiger partial charge in [0.25, 0.3) is 0 Å². The average molecular weight is 539 g/mol. The fourth-order valence-electron chi connectivity index (χ4n) is 3.35. The third-order valence-electron chi connectivity index (χ3n) is 4.86. The summed E-state index contributed by atoms with van der Waals surface area (Å²) in [6.45, 7) is 5.55. The number of thiophene rings is 1. The molecule has 3 rings (SSSR count). The molecule has 30 heavy (non-hydrogen) atoms. The van der Waals surface area contributed by atoms with E-state index in [9.17, 15) is 0 Å². The molecule has 1 unspecified atom stereocenters. The van der Waals surface area contributed by atoms with Crippen molar-refractivity contribution in [3.63, 3.8) is 0 Å². The zero-order valence-electron chi connectivity index (χ0n) is 18.2. The molecule has 6 nitrogen and oxygen atoms in total. The highest BCUT2D eigenvalue weighted by atomic mass is 127. The number of benzene rings is 1. The topological polar surface area (TPSA) is 57.5 Å². The molecule has 0 bridgehead atoms. The maximum atomic E-state index is 4.63. The van der Waals surface area contributed by atoms with Crippen LogP contribution in [-0.2, 0) is 6.54 Å². The number of hydrogen-bond acceptors (Lipinski definition) is 4. The van der Waals surface area contributed by atoms with Crippen molar-refractivity contribution in [2.75, 3.05) is 27.7 Å². The lowest BCUT2D eigenvalue weighted by Crippen LogP contribution is -2.41. The summed E-state index contributed by atoms with van der Waals surface area (Å²) in [4.78, 5) is 7.96. The van der Waals surface area contributed by atoms with Crippen LogP contribution in [0.2, 0.25) is 0 Å². The van der Waals surface area contributed by atoms with Crippen molar-refractivity contribution in [2.45, 2.75) is 26.4 Å². The summed E-state index contributed by atoms with van der Waals surface area (Å²) in [7, 11) is 6.01. The Balaban J connectivity index is 0.00000320. The van der Waals surface area contributed by atoms with E-state index in [1.807, 2.05) is 17.7 Å². The maximum absolute atomic E-state index is 4.63. The fraction of sp³-hybridized carbons (Fsp3) is 0.364. The van der Waals surface area contributed by atoms with E-state index < -0.39 is 0 Å². The van der Waals surface area contributed by atoms with Crippen molar-refractivity contribution in [1.82, 2.24) is 25.3 Å². The lowest BCUT2D eigenvalue weighted by atomic mass is 10.1. The summed E-state index contributed by atoms with van der Waals surface area (Å²) in [6.07, 6.45) is 0. The average Bonchev–Trinajstić information content (AvgIpc) is 3.34. The van der Waals surface area contributed by atoms with Crippen LogP contribution in [0.5, 0.6) is 0 Å². The summed E-state index contributed by atoms with van der Waals surface area (Å²) in [5, 5.41) is 13.7. The molecule has 0 aliphatic rings. The SMILES string of the molecule is CN=C(NCc1ccccc1-n1nc(C)cc1C)NCC(c1cccs1)N(C)C.I. The normalized spacial score (nSPS) is 12.5. The summed E-state index contributed by atoms with van der Waals surface area (Å²) in [5.41, 5.74) is 4.41. The molecule has 162 valence electrons. The molecular formula is C22H31IN6S. The number of hydrogen-bond donors (Lipinski definition) is 2. The second kappa shape index (κ2) is 11.5. The second-order valence-electron chi connectivity index (χ2n) is 7.27. The van der Waals surface area contributed by atoms with Gasteiger partial charge in [0.15, 0.2) is 5.96 Å². The first-order valence-electron chi connectivity index (χ1n) is 9.75. The van der Waals surface area contributed by atoms with Gasteiger partial charge in [-0.05, 0) is 57.1 Å². The molecule has 0 saturated heterocycles. The Morgan fingerprint density at radius 2 is 1.93 bits per heavy atom. The van der Waals surface area contributed by atoms with Gasteiger partial charge in [-0.2, -0.15) is 5.10 Å². The monoisotopic (exact) mass is 538 g/mol. The first-order valence-corrected chi connectivity index (χ1v) is 10.6. The number of aryl methyl sites for hydroxylation is 2. The Bertz CT molecular complexity index is 948. The van der Waals surface area contributed by atoms with Crippen LogP contribution < -0.4 is 10.6 Å². The molecule has 2 heterocycles. The van der Waals surface area contributed by atoms with E-state index in [1.165, 1.54) is 10.4 Å². The number of rotatable bonds is 7. The van der Waals surface area contributed by atoms with Gasteiger partial charge in [-0.3, -0.25) is 4.99 Å². The maximum Gasteiger partial charge on any atom is 0.191 e. The van der Waals surface area contributed by atoms with Gasteiger partial charge in [-0.25, -0.2) is 4.68 Å². The second-order valence-corrected chi connectivity index (χ2v) is 8.25. The molecule has 1 aromatic carbocycles. The van der Waals surface area contributed by atoms with Crippen LogP contribution in [0.25, 0.3) is 5.69 Å². The number of nitrogens with one attached hydrogen (secondary N) is 2. The molecule has 3 aromatic rings. The molecule has 0 radical (unpaired) electrons. The zero-order valence-corrected chi connectivity index (χ0v) is 21.4. The molecular weight excluding hydrogens is 507 g/mol. The summed E-state index contributed by atoms with van der Waals surface area (Å²) in [5.74, 6) is 0.788. The largest absolute Gasteiger partial charge is 0.354 e. The summed E-state index contributed by atoms with van der Waals surface area (Å²) < 4.78 is 2.00. The quantitative estimate of drug-likeness (QED) is 0.270. The first kappa shape index (κ1) is 24.4. The van der Waals surface area contributed by atoms with Crippen LogP contribution in [0.15, 0.2) is 52.8 Å². The molecule has 0 aliphatic heterocycles. The lowest BCUT2D eigenvalue weighted by Gasteiger charge is -2.24. The van der Waals surface area contributed by atoms with Gasteiger partial charge in [0.1, 0.15) is 0 Å². The number of para-hydroxylation sites is 1. The summed E-state index contributed by atoms with van der Waals surface area (Å²) in [6, 6.07) is 15.0. The Labute approximate surface area is 200 Å². The van der Waals surface area contributed by atoms with Crippen LogP contribution in [0.3, 0.4) is 0 Å². The Morgan fingerprint density at radius 1 is 1.17 bits per heavy atom. The lowest BCUT2D eigenvalue weighted by molar-refractivity contribution is 0.302. The van der Waals surface area contributed by atoms with Crippen molar-refractivity contribution in [1.29, 1.82) is 0 Å². The summed E-state index contributed by atoms with van der Waals surface area (Å²) >= 11 is 1.78. The van der Waals surface area contributed by atoms with E-state index in [4.69, 9.17) is 0 Å². The third kappa shape index (κ3) is 6.05. The molecule has 0 amide bonds. The number of halogens is 1. The zero-order chi connectivity index (χ0) is 20.8. The van der Waals surface area contributed by atoms with Crippen LogP contribution in [0.1, 0.15) is 27.9 Å². The van der Waals surface area contributed by atoms with Crippen molar-refractivity contribution in [3.8, 4) is 5.69 Å². The van der Waals surface area contributed by atoms with Crippen LogP contribution >= 0.6 is 35.3 Å². The van der Waals surface area contributed by atoms with Gasteiger partial charge in [-0.1, -0.05) is 24.3 Å². The van der Waals surface area contributed by atoms with Gasteiger partial charge >= 0.3 is 0 Å². The van der Waals surface area contributed by atoms with Crippen LogP contribution in [0, 0.1) is 13.8 Å². The highest BCUT2D eigenvalue weighted by molar-refractivity contribution is 14.0. The van der Waals surface area contributed by atoms with Gasteiger partial charge < -0.3 is 15.5 Å². The Hall–Kier alpha value is -1.91. The molecule has 2 aromatic heterocycles. The fourth-order valence-corrected chi connectivity index (χ4v) is 4.27. The highest BCUT2D eigenvalue weighted by Gasteiger charge is 2.16. The number of guanidine groups is 1. The van der Waals surface area contributed by atoms with E-state index in [0.29, 0.717) is 12.6 Å². The highest BCUT2D eigenvalue weighted by Crippen LogP contribution is 2.22. The number of aromatic nitrogens is 2. The molecule has 8 heteroatoms. The van der Waals surface area contributed by atoms with Crippen LogP contribution in [0.4, 0.5) is 0 Å². The first-order chi connectivity index (χ1) is 14.0. The van der Waals surface area contributed by atoms with E-state index in [-0.39, 0.29) is 24.0 Å². The van der Waals surface area contributed by atoms with E-state index in [2.05, 4.69) is 88.4 Å². The Morgan fingerprint density at radius 3 is 2.53 bits per heavy atom.